The second kappa shape index (κ2) is 36.1. The molecule has 0 spiro atoms. The number of aliphatic carboxylic acids is 1. The van der Waals surface area contributed by atoms with Gasteiger partial charge in [-0.2, -0.15) is 0 Å². The predicted octanol–water partition coefficient (Wildman–Crippen LogP) is 15.7. The van der Waals surface area contributed by atoms with Crippen molar-refractivity contribution in [1.82, 2.24) is 0 Å². The molecule has 44 heavy (non-hydrogen) atoms. The van der Waals surface area contributed by atoms with Crippen LogP contribution in [-0.2, 0) is 4.79 Å². The molecule has 0 amide bonds. The summed E-state index contributed by atoms with van der Waals surface area (Å²) < 4.78 is 0. The van der Waals surface area contributed by atoms with E-state index in [-0.39, 0.29) is 0 Å². The topological polar surface area (TPSA) is 37.3 Å². The highest BCUT2D eigenvalue weighted by Crippen LogP contribution is 2.23. The largest absolute Gasteiger partial charge is 0.481 e. The molecule has 2 nitrogen and oxygen atoms in total. The Hall–Kier alpha value is 0.267. The summed E-state index contributed by atoms with van der Waals surface area (Å²) in [5.41, 5.74) is 0. The zero-order chi connectivity index (χ0) is 32.2. The lowest BCUT2D eigenvalue weighted by molar-refractivity contribution is -0.137. The molecule has 0 saturated heterocycles. The molecule has 0 radical (unpaired) electrons. The molecule has 0 rings (SSSR count). The molecule has 0 aliphatic heterocycles. The Morgan fingerprint density at radius 3 is 0.682 bits per heavy atom. The molecule has 0 bridgehead atoms. The number of carbonyl (C=O) groups is 1. The number of hydrogen-bond donors (Lipinski definition) is 1. The zero-order valence-electron chi connectivity index (χ0n) is 29.8. The summed E-state index contributed by atoms with van der Waals surface area (Å²) in [6.45, 7) is 0.190. The van der Waals surface area contributed by atoms with Crippen molar-refractivity contribution in [3.8, 4) is 0 Å². The van der Waals surface area contributed by atoms with Crippen LogP contribution in [0, 0.1) is 0 Å². The smallest absolute Gasteiger partial charge is 0.303 e. The van der Waals surface area contributed by atoms with Gasteiger partial charge in [0.1, 0.15) is 0 Å². The number of rotatable bonds is 38. The fraction of sp³-hybridized carbons (Fsp3) is 0.974. The van der Waals surface area contributed by atoms with Crippen molar-refractivity contribution < 1.29 is 9.90 Å². The van der Waals surface area contributed by atoms with Crippen molar-refractivity contribution in [3.05, 3.63) is 0 Å². The Balaban J connectivity index is 3.06. The van der Waals surface area contributed by atoms with Crippen LogP contribution in [0.25, 0.3) is 0 Å². The Morgan fingerprint density at radius 2 is 0.523 bits per heavy atom. The van der Waals surface area contributed by atoms with Crippen molar-refractivity contribution in [3.63, 3.8) is 0 Å². The third-order valence-electron chi connectivity index (χ3n) is 9.51. The molecule has 0 aromatic rings. The van der Waals surface area contributed by atoms with Gasteiger partial charge in [0.25, 0.3) is 0 Å². The third-order valence-corrected chi connectivity index (χ3v) is 11.9. The van der Waals surface area contributed by atoms with Crippen molar-refractivity contribution in [1.29, 1.82) is 0 Å². The molecular weight excluding hydrogens is 599 g/mol. The number of carboxylic acids is 1. The molecule has 0 saturated carbocycles. The minimum absolute atomic E-state index is 0.344. The van der Waals surface area contributed by atoms with Gasteiger partial charge >= 0.3 is 5.97 Å². The second-order valence-electron chi connectivity index (χ2n) is 14.3. The van der Waals surface area contributed by atoms with Gasteiger partial charge in [0.2, 0.25) is 6.69 Å². The van der Waals surface area contributed by atoms with Crippen LogP contribution < -0.4 is 0 Å². The van der Waals surface area contributed by atoms with Gasteiger partial charge in [-0.15, -0.1) is 22.2 Å². The first-order chi connectivity index (χ1) is 21.4. The molecule has 0 atom stereocenters. The summed E-state index contributed by atoms with van der Waals surface area (Å²) >= 11 is 12.3. The van der Waals surface area contributed by atoms with Crippen LogP contribution in [0.2, 0.25) is 12.6 Å². The summed E-state index contributed by atoms with van der Waals surface area (Å²) in [7, 11) is 0. The molecule has 0 unspecified atom stereocenters. The molecule has 0 aromatic heterocycles. The highest BCUT2D eigenvalue weighted by molar-refractivity contribution is 7.44. The van der Waals surface area contributed by atoms with Crippen LogP contribution in [0.5, 0.6) is 0 Å². The molecule has 0 fully saturated rings. The van der Waals surface area contributed by atoms with E-state index < -0.39 is 12.7 Å². The highest BCUT2D eigenvalue weighted by atomic mass is 35.7. The van der Waals surface area contributed by atoms with Crippen LogP contribution in [0.3, 0.4) is 0 Å². The van der Waals surface area contributed by atoms with Gasteiger partial charge in [0.15, 0.2) is 0 Å². The quantitative estimate of drug-likeness (QED) is 0.0401. The average Bonchev–Trinajstić information content (AvgIpc) is 2.98. The fourth-order valence-corrected chi connectivity index (χ4v) is 8.22. The third kappa shape index (κ3) is 42.3. The number of hydrogen-bond acceptors (Lipinski definition) is 1. The van der Waals surface area contributed by atoms with E-state index in [2.05, 4.69) is 0 Å². The molecule has 0 aliphatic rings. The Kier molecular flexibility index (Phi) is 36.3. The maximum Gasteiger partial charge on any atom is 0.303 e. The summed E-state index contributed by atoms with van der Waals surface area (Å²) in [4.78, 5) is 10.5. The second-order valence-corrected chi connectivity index (χ2v) is 22.6. The van der Waals surface area contributed by atoms with Gasteiger partial charge in [-0.3, -0.25) is 4.79 Å². The molecular formula is C39H78Cl2O2Si. The standard InChI is InChI=1S/C39H78Cl2O2Si/c1-44(40,41)38-36-34-32-30-28-26-24-22-20-18-16-14-12-10-8-6-4-2-3-5-7-9-11-13-15-17-19-21-23-25-27-29-31-33-35-37-39(42)43/h2-38H2,1H3,(H,42,43). The normalized spacial score (nSPS) is 11.9. The summed E-state index contributed by atoms with van der Waals surface area (Å²) in [6, 6.07) is 1.06. The maximum atomic E-state index is 10.5. The summed E-state index contributed by atoms with van der Waals surface area (Å²) in [5.74, 6) is -0.649. The van der Waals surface area contributed by atoms with Crippen molar-refractivity contribution >= 4 is 34.8 Å². The van der Waals surface area contributed by atoms with Gasteiger partial charge in [0.05, 0.1) is 0 Å². The van der Waals surface area contributed by atoms with Crippen LogP contribution in [0.4, 0.5) is 0 Å². The first kappa shape index (κ1) is 44.3. The Morgan fingerprint density at radius 1 is 0.364 bits per heavy atom. The molecule has 5 heteroatoms. The van der Waals surface area contributed by atoms with Gasteiger partial charge in [0, 0.05) is 6.42 Å². The number of unbranched alkanes of at least 4 members (excludes halogenated alkanes) is 34. The van der Waals surface area contributed by atoms with Gasteiger partial charge < -0.3 is 5.11 Å². The monoisotopic (exact) mass is 677 g/mol. The van der Waals surface area contributed by atoms with Gasteiger partial charge in [-0.25, -0.2) is 0 Å². The van der Waals surface area contributed by atoms with E-state index in [1.165, 1.54) is 212 Å². The molecule has 0 heterocycles. The maximum absolute atomic E-state index is 10.5. The minimum atomic E-state index is -1.85. The molecule has 0 aromatic carbocycles. The van der Waals surface area contributed by atoms with E-state index in [1.807, 2.05) is 6.55 Å². The van der Waals surface area contributed by atoms with Gasteiger partial charge in [-0.1, -0.05) is 218 Å². The van der Waals surface area contributed by atoms with E-state index in [1.54, 1.807) is 0 Å². The lowest BCUT2D eigenvalue weighted by atomic mass is 10.0. The fourth-order valence-electron chi connectivity index (χ4n) is 6.55. The van der Waals surface area contributed by atoms with E-state index in [0.717, 1.165) is 18.9 Å². The van der Waals surface area contributed by atoms with Crippen LogP contribution in [0.15, 0.2) is 0 Å². The van der Waals surface area contributed by atoms with Crippen LogP contribution in [0.1, 0.15) is 231 Å². The van der Waals surface area contributed by atoms with Gasteiger partial charge in [-0.05, 0) is 19.0 Å². The Bertz CT molecular complexity index is 567. The lowest BCUT2D eigenvalue weighted by Gasteiger charge is -2.09. The van der Waals surface area contributed by atoms with E-state index in [9.17, 15) is 4.79 Å². The molecule has 264 valence electrons. The van der Waals surface area contributed by atoms with E-state index in [0.29, 0.717) is 6.42 Å². The summed E-state index contributed by atoms with van der Waals surface area (Å²) in [6.07, 6.45) is 49.0. The SMILES string of the molecule is C[Si](Cl)(Cl)CCCCCCCCCCCCCCCCCCCCCCCCCCCCCCCCCCCCCC(=O)O. The molecule has 1 N–H and O–H groups in total. The Labute approximate surface area is 287 Å². The van der Waals surface area contributed by atoms with Crippen LogP contribution in [-0.4, -0.2) is 17.8 Å². The first-order valence-electron chi connectivity index (χ1n) is 20.0. The van der Waals surface area contributed by atoms with E-state index in [4.69, 9.17) is 27.3 Å². The predicted molar refractivity (Wildman–Crippen MR) is 202 cm³/mol. The minimum Gasteiger partial charge on any atom is -0.481 e. The highest BCUT2D eigenvalue weighted by Gasteiger charge is 2.19. The van der Waals surface area contributed by atoms with Crippen LogP contribution >= 0.6 is 22.2 Å². The average molecular weight is 678 g/mol. The van der Waals surface area contributed by atoms with Crippen molar-refractivity contribution in [2.24, 2.45) is 0 Å². The van der Waals surface area contributed by atoms with E-state index >= 15 is 0 Å². The lowest BCUT2D eigenvalue weighted by Crippen LogP contribution is -2.11. The number of halogens is 2. The summed E-state index contributed by atoms with van der Waals surface area (Å²) in [5, 5.41) is 8.64. The van der Waals surface area contributed by atoms with Crippen molar-refractivity contribution in [2.45, 2.75) is 244 Å². The number of carboxylic acid groups (broad SMARTS) is 1. The van der Waals surface area contributed by atoms with Crippen molar-refractivity contribution in [2.75, 3.05) is 0 Å². The zero-order valence-corrected chi connectivity index (χ0v) is 32.3. The molecule has 0 aliphatic carbocycles. The first-order valence-corrected chi connectivity index (χ1v) is 24.7.